The minimum atomic E-state index is 0.967. The standard InChI is InChI=1S/C22H32N2S/c1-3-5-17-23(18-6-4-2)25-24(19-21-13-9-7-10-14-21)20-22-15-11-8-12-16-22/h7-16H,3-6,17-20H2,1-2H3. The van der Waals surface area contributed by atoms with Gasteiger partial charge in [-0.25, -0.2) is 8.61 Å². The fraction of sp³-hybridized carbons (Fsp3) is 0.455. The molecule has 0 bridgehead atoms. The Morgan fingerprint density at radius 3 is 1.48 bits per heavy atom. The highest BCUT2D eigenvalue weighted by molar-refractivity contribution is 7.94. The van der Waals surface area contributed by atoms with Crippen molar-refractivity contribution in [2.75, 3.05) is 13.1 Å². The molecule has 0 atom stereocenters. The summed E-state index contributed by atoms with van der Waals surface area (Å²) in [5.41, 5.74) is 2.74. The molecule has 0 aliphatic rings. The van der Waals surface area contributed by atoms with E-state index in [4.69, 9.17) is 0 Å². The SMILES string of the molecule is CCCCN(CCCC)SN(Cc1ccccc1)Cc1ccccc1. The molecule has 0 heterocycles. The minimum absolute atomic E-state index is 0.967. The third-order valence-electron chi connectivity index (χ3n) is 4.16. The molecular formula is C22H32N2S. The summed E-state index contributed by atoms with van der Waals surface area (Å²) in [6.45, 7) is 8.82. The predicted molar refractivity (Wildman–Crippen MR) is 111 cm³/mol. The molecule has 0 aromatic heterocycles. The lowest BCUT2D eigenvalue weighted by molar-refractivity contribution is 0.391. The van der Waals surface area contributed by atoms with Crippen molar-refractivity contribution in [2.45, 2.75) is 52.6 Å². The van der Waals surface area contributed by atoms with Gasteiger partial charge in [-0.05, 0) is 24.0 Å². The van der Waals surface area contributed by atoms with Crippen molar-refractivity contribution in [3.8, 4) is 0 Å². The number of rotatable bonds is 12. The lowest BCUT2D eigenvalue weighted by atomic mass is 10.2. The van der Waals surface area contributed by atoms with Gasteiger partial charge in [0.2, 0.25) is 0 Å². The summed E-state index contributed by atoms with van der Waals surface area (Å²) in [6.07, 6.45) is 5.03. The van der Waals surface area contributed by atoms with Crippen LogP contribution in [0.2, 0.25) is 0 Å². The maximum Gasteiger partial charge on any atom is 0.0356 e. The summed E-state index contributed by atoms with van der Waals surface area (Å²) in [6, 6.07) is 21.6. The van der Waals surface area contributed by atoms with Gasteiger partial charge < -0.3 is 0 Å². The highest BCUT2D eigenvalue weighted by atomic mass is 32.2. The molecule has 0 aliphatic heterocycles. The fourth-order valence-electron chi connectivity index (χ4n) is 2.71. The fourth-order valence-corrected chi connectivity index (χ4v) is 3.88. The number of benzene rings is 2. The van der Waals surface area contributed by atoms with Crippen LogP contribution >= 0.6 is 12.1 Å². The Morgan fingerprint density at radius 2 is 1.08 bits per heavy atom. The first-order valence-corrected chi connectivity index (χ1v) is 10.3. The molecule has 25 heavy (non-hydrogen) atoms. The van der Waals surface area contributed by atoms with Crippen LogP contribution < -0.4 is 0 Å². The van der Waals surface area contributed by atoms with Gasteiger partial charge in [0.25, 0.3) is 0 Å². The topological polar surface area (TPSA) is 6.48 Å². The molecule has 0 radical (unpaired) electrons. The molecule has 2 rings (SSSR count). The molecule has 0 fully saturated rings. The molecule has 0 amide bonds. The van der Waals surface area contributed by atoms with E-state index in [1.54, 1.807) is 0 Å². The maximum absolute atomic E-state index is 2.55. The van der Waals surface area contributed by atoms with E-state index in [9.17, 15) is 0 Å². The van der Waals surface area contributed by atoms with E-state index in [1.807, 2.05) is 12.1 Å². The van der Waals surface area contributed by atoms with Crippen molar-refractivity contribution in [2.24, 2.45) is 0 Å². The van der Waals surface area contributed by atoms with E-state index in [1.165, 1.54) is 49.9 Å². The lowest BCUT2D eigenvalue weighted by Gasteiger charge is -2.29. The largest absolute Gasteiger partial charge is 0.237 e. The zero-order chi connectivity index (χ0) is 17.7. The van der Waals surface area contributed by atoms with E-state index in [-0.39, 0.29) is 0 Å². The van der Waals surface area contributed by atoms with Crippen molar-refractivity contribution >= 4 is 12.1 Å². The van der Waals surface area contributed by atoms with Crippen LogP contribution in [0.15, 0.2) is 60.7 Å². The molecule has 0 unspecified atom stereocenters. The first-order valence-electron chi connectivity index (χ1n) is 9.57. The van der Waals surface area contributed by atoms with Gasteiger partial charge in [-0.1, -0.05) is 87.4 Å². The van der Waals surface area contributed by atoms with E-state index in [0.29, 0.717) is 0 Å². The molecule has 136 valence electrons. The van der Waals surface area contributed by atoms with Gasteiger partial charge in [-0.2, -0.15) is 0 Å². The molecule has 2 aromatic rings. The van der Waals surface area contributed by atoms with Gasteiger partial charge in [0.1, 0.15) is 0 Å². The number of unbranched alkanes of at least 4 members (excludes halogenated alkanes) is 2. The lowest BCUT2D eigenvalue weighted by Crippen LogP contribution is -2.26. The van der Waals surface area contributed by atoms with Gasteiger partial charge in [0, 0.05) is 38.3 Å². The first-order chi connectivity index (χ1) is 12.3. The molecule has 0 N–H and O–H groups in total. The van der Waals surface area contributed by atoms with E-state index in [0.717, 1.165) is 13.1 Å². The van der Waals surface area contributed by atoms with E-state index in [2.05, 4.69) is 83.1 Å². The molecule has 0 saturated heterocycles. The van der Waals surface area contributed by atoms with Crippen LogP contribution in [0.3, 0.4) is 0 Å². The Balaban J connectivity index is 2.05. The second-order valence-corrected chi connectivity index (χ2v) is 7.68. The predicted octanol–water partition coefficient (Wildman–Crippen LogP) is 6.15. The Bertz CT molecular complexity index is 509. The van der Waals surface area contributed by atoms with Gasteiger partial charge >= 0.3 is 0 Å². The van der Waals surface area contributed by atoms with Gasteiger partial charge in [0.15, 0.2) is 0 Å². The zero-order valence-corrected chi connectivity index (χ0v) is 16.5. The number of hydrogen-bond donors (Lipinski definition) is 0. The average molecular weight is 357 g/mol. The first kappa shape index (κ1) is 20.0. The molecule has 0 aliphatic carbocycles. The van der Waals surface area contributed by atoms with Crippen LogP contribution in [0.4, 0.5) is 0 Å². The van der Waals surface area contributed by atoms with E-state index >= 15 is 0 Å². The van der Waals surface area contributed by atoms with Crippen molar-refractivity contribution in [3.05, 3.63) is 71.8 Å². The van der Waals surface area contributed by atoms with Crippen LogP contribution in [0, 0.1) is 0 Å². The van der Waals surface area contributed by atoms with Crippen LogP contribution in [-0.4, -0.2) is 21.7 Å². The molecule has 2 aromatic carbocycles. The molecule has 2 nitrogen and oxygen atoms in total. The molecular weight excluding hydrogens is 324 g/mol. The third kappa shape index (κ3) is 8.08. The minimum Gasteiger partial charge on any atom is -0.237 e. The van der Waals surface area contributed by atoms with Gasteiger partial charge in [-0.15, -0.1) is 0 Å². The Kier molecular flexibility index (Phi) is 9.71. The summed E-state index contributed by atoms with van der Waals surface area (Å²) in [4.78, 5) is 0. The second-order valence-electron chi connectivity index (χ2n) is 6.49. The normalized spacial score (nSPS) is 11.4. The summed E-state index contributed by atoms with van der Waals surface area (Å²) in [5.74, 6) is 0. The molecule has 0 spiro atoms. The highest BCUT2D eigenvalue weighted by Crippen LogP contribution is 2.23. The van der Waals surface area contributed by atoms with Crippen molar-refractivity contribution in [3.63, 3.8) is 0 Å². The van der Waals surface area contributed by atoms with Crippen LogP contribution in [0.25, 0.3) is 0 Å². The summed E-state index contributed by atoms with van der Waals surface area (Å²) in [7, 11) is 0. The molecule has 0 saturated carbocycles. The van der Waals surface area contributed by atoms with Crippen LogP contribution in [-0.2, 0) is 13.1 Å². The van der Waals surface area contributed by atoms with Crippen molar-refractivity contribution < 1.29 is 0 Å². The third-order valence-corrected chi connectivity index (χ3v) is 5.24. The summed E-state index contributed by atoms with van der Waals surface area (Å²) >= 11 is 1.93. The Hall–Kier alpha value is -1.29. The van der Waals surface area contributed by atoms with Gasteiger partial charge in [0.05, 0.1) is 0 Å². The number of hydrogen-bond acceptors (Lipinski definition) is 3. The molecule has 3 heteroatoms. The maximum atomic E-state index is 2.55. The quantitative estimate of drug-likeness (QED) is 0.421. The average Bonchev–Trinajstić information content (AvgIpc) is 2.65. The van der Waals surface area contributed by atoms with Crippen LogP contribution in [0.1, 0.15) is 50.7 Å². The smallest absolute Gasteiger partial charge is 0.0356 e. The Labute approximate surface area is 158 Å². The highest BCUT2D eigenvalue weighted by Gasteiger charge is 2.14. The Morgan fingerprint density at radius 1 is 0.640 bits per heavy atom. The van der Waals surface area contributed by atoms with Crippen molar-refractivity contribution in [1.82, 2.24) is 8.61 Å². The zero-order valence-electron chi connectivity index (χ0n) is 15.7. The summed E-state index contributed by atoms with van der Waals surface area (Å²) in [5, 5.41) is 0. The number of nitrogens with zero attached hydrogens (tertiary/aromatic N) is 2. The summed E-state index contributed by atoms with van der Waals surface area (Å²) < 4.78 is 5.05. The van der Waals surface area contributed by atoms with Crippen LogP contribution in [0.5, 0.6) is 0 Å². The second kappa shape index (κ2) is 12.1. The van der Waals surface area contributed by atoms with Gasteiger partial charge in [-0.3, -0.25) is 0 Å². The van der Waals surface area contributed by atoms with E-state index < -0.39 is 0 Å². The van der Waals surface area contributed by atoms with Crippen molar-refractivity contribution in [1.29, 1.82) is 0 Å². The monoisotopic (exact) mass is 356 g/mol.